The number of anilines is 1. The molecule has 7 heteroatoms. The molecule has 1 aromatic rings. The molecule has 0 aliphatic heterocycles. The van der Waals surface area contributed by atoms with E-state index in [1.54, 1.807) is 6.92 Å². The summed E-state index contributed by atoms with van der Waals surface area (Å²) in [4.78, 5) is 0. The molecule has 1 aliphatic carbocycles. The third-order valence-electron chi connectivity index (χ3n) is 2.98. The van der Waals surface area contributed by atoms with Crippen LogP contribution >= 0.6 is 11.6 Å². The maximum absolute atomic E-state index is 13.2. The molecule has 4 nitrogen and oxygen atoms in total. The van der Waals surface area contributed by atoms with Crippen LogP contribution in [0.2, 0.25) is 5.02 Å². The molecular formula is C12H16ClFN2O2S. The lowest BCUT2D eigenvalue weighted by Crippen LogP contribution is -2.35. The first kappa shape index (κ1) is 14.6. The minimum absolute atomic E-state index is 0.0357. The number of halogens is 2. The molecular weight excluding hydrogens is 291 g/mol. The number of hydrogen-bond donors (Lipinski definition) is 2. The Morgan fingerprint density at radius 2 is 2.16 bits per heavy atom. The van der Waals surface area contributed by atoms with Crippen molar-refractivity contribution >= 4 is 27.3 Å². The Bertz CT molecular complexity index is 561. The van der Waals surface area contributed by atoms with Crippen molar-refractivity contribution in [3.05, 3.63) is 29.0 Å². The fraction of sp³-hybridized carbons (Fsp3) is 0.500. The van der Waals surface area contributed by atoms with Crippen LogP contribution in [-0.4, -0.2) is 26.3 Å². The van der Waals surface area contributed by atoms with Crippen LogP contribution < -0.4 is 10.0 Å². The Labute approximate surface area is 117 Å². The summed E-state index contributed by atoms with van der Waals surface area (Å²) in [7, 11) is -3.53. The largest absolute Gasteiger partial charge is 0.313 e. The minimum Gasteiger partial charge on any atom is -0.313 e. The Kier molecular flexibility index (Phi) is 4.32. The monoisotopic (exact) mass is 306 g/mol. The van der Waals surface area contributed by atoms with Gasteiger partial charge < -0.3 is 5.32 Å². The van der Waals surface area contributed by atoms with Crippen LogP contribution in [0.5, 0.6) is 0 Å². The van der Waals surface area contributed by atoms with E-state index in [4.69, 9.17) is 11.6 Å². The quantitative estimate of drug-likeness (QED) is 0.848. The molecule has 0 radical (unpaired) electrons. The molecule has 1 saturated carbocycles. The number of rotatable bonds is 6. The Morgan fingerprint density at radius 1 is 1.47 bits per heavy atom. The van der Waals surface area contributed by atoms with Gasteiger partial charge in [0.25, 0.3) is 0 Å². The maximum Gasteiger partial charge on any atom is 0.236 e. The lowest BCUT2D eigenvalue weighted by Gasteiger charge is -2.15. The van der Waals surface area contributed by atoms with E-state index in [-0.39, 0.29) is 10.7 Å². The van der Waals surface area contributed by atoms with E-state index in [0.717, 1.165) is 18.9 Å². The Morgan fingerprint density at radius 3 is 2.74 bits per heavy atom. The minimum atomic E-state index is -3.53. The van der Waals surface area contributed by atoms with Gasteiger partial charge in [-0.15, -0.1) is 0 Å². The van der Waals surface area contributed by atoms with Crippen molar-refractivity contribution in [2.75, 3.05) is 11.3 Å². The van der Waals surface area contributed by atoms with E-state index in [9.17, 15) is 12.8 Å². The molecule has 0 amide bonds. The summed E-state index contributed by atoms with van der Waals surface area (Å²) >= 11 is 5.54. The van der Waals surface area contributed by atoms with Crippen molar-refractivity contribution < 1.29 is 12.8 Å². The van der Waals surface area contributed by atoms with E-state index in [1.165, 1.54) is 12.1 Å². The number of sulfonamides is 1. The van der Waals surface area contributed by atoms with E-state index < -0.39 is 21.1 Å². The maximum atomic E-state index is 13.2. The summed E-state index contributed by atoms with van der Waals surface area (Å²) in [5, 5.41) is 2.53. The van der Waals surface area contributed by atoms with Crippen molar-refractivity contribution in [3.63, 3.8) is 0 Å². The SMILES string of the molecule is CC(CNC1CC1)S(=O)(=O)Nc1ccc(Cl)c(F)c1. The zero-order valence-corrected chi connectivity index (χ0v) is 12.1. The van der Waals surface area contributed by atoms with E-state index in [0.29, 0.717) is 12.6 Å². The molecule has 106 valence electrons. The third-order valence-corrected chi connectivity index (χ3v) is 5.03. The first-order valence-electron chi connectivity index (χ1n) is 6.08. The topological polar surface area (TPSA) is 58.2 Å². The van der Waals surface area contributed by atoms with Gasteiger partial charge in [-0.05, 0) is 38.0 Å². The molecule has 1 atom stereocenters. The van der Waals surface area contributed by atoms with Crippen LogP contribution in [-0.2, 0) is 10.0 Å². The second-order valence-corrected chi connectivity index (χ2v) is 7.28. The number of nitrogens with one attached hydrogen (secondary N) is 2. The fourth-order valence-electron chi connectivity index (χ4n) is 1.55. The zero-order valence-electron chi connectivity index (χ0n) is 10.5. The Balaban J connectivity index is 2.00. The van der Waals surface area contributed by atoms with Crippen molar-refractivity contribution in [1.29, 1.82) is 0 Å². The summed E-state index contributed by atoms with van der Waals surface area (Å²) in [6.45, 7) is 2.00. The lowest BCUT2D eigenvalue weighted by molar-refractivity contribution is 0.576. The summed E-state index contributed by atoms with van der Waals surface area (Å²) in [5.74, 6) is -0.648. The number of benzene rings is 1. The van der Waals surface area contributed by atoms with E-state index in [1.807, 2.05) is 0 Å². The smallest absolute Gasteiger partial charge is 0.236 e. The number of hydrogen-bond acceptors (Lipinski definition) is 3. The zero-order chi connectivity index (χ0) is 14.0. The summed E-state index contributed by atoms with van der Waals surface area (Å²) in [6, 6.07) is 4.28. The van der Waals surface area contributed by atoms with Crippen LogP contribution in [0.4, 0.5) is 10.1 Å². The molecule has 0 bridgehead atoms. The lowest BCUT2D eigenvalue weighted by atomic mass is 10.3. The summed E-state index contributed by atoms with van der Waals surface area (Å²) < 4.78 is 39.6. The summed E-state index contributed by atoms with van der Waals surface area (Å²) in [5.41, 5.74) is 0.181. The van der Waals surface area contributed by atoms with Gasteiger partial charge in [-0.1, -0.05) is 11.6 Å². The standard InChI is InChI=1S/C12H16ClFN2O2S/c1-8(7-15-9-2-3-9)19(17,18)16-10-4-5-11(13)12(14)6-10/h4-6,8-9,15-16H,2-3,7H2,1H3. The molecule has 0 aromatic heterocycles. The fourth-order valence-corrected chi connectivity index (χ4v) is 2.64. The average molecular weight is 307 g/mol. The predicted molar refractivity (Wildman–Crippen MR) is 74.4 cm³/mol. The highest BCUT2D eigenvalue weighted by Gasteiger charge is 2.25. The van der Waals surface area contributed by atoms with Gasteiger partial charge >= 0.3 is 0 Å². The highest BCUT2D eigenvalue weighted by atomic mass is 35.5. The second kappa shape index (κ2) is 5.64. The average Bonchev–Trinajstić information content (AvgIpc) is 3.14. The van der Waals surface area contributed by atoms with Crippen LogP contribution in [0.3, 0.4) is 0 Å². The van der Waals surface area contributed by atoms with Gasteiger partial charge in [0.1, 0.15) is 5.82 Å². The van der Waals surface area contributed by atoms with Crippen molar-refractivity contribution in [2.45, 2.75) is 31.1 Å². The first-order valence-corrected chi connectivity index (χ1v) is 8.01. The van der Waals surface area contributed by atoms with Gasteiger partial charge in [0.05, 0.1) is 16.0 Å². The normalized spacial score (nSPS) is 17.2. The predicted octanol–water partition coefficient (Wildman–Crippen LogP) is 2.36. The van der Waals surface area contributed by atoms with Crippen molar-refractivity contribution in [3.8, 4) is 0 Å². The highest BCUT2D eigenvalue weighted by molar-refractivity contribution is 7.93. The van der Waals surface area contributed by atoms with Gasteiger partial charge in [0.2, 0.25) is 10.0 Å². The molecule has 19 heavy (non-hydrogen) atoms. The van der Waals surface area contributed by atoms with Crippen molar-refractivity contribution in [1.82, 2.24) is 5.32 Å². The van der Waals surface area contributed by atoms with Crippen LogP contribution in [0, 0.1) is 5.82 Å². The summed E-state index contributed by atoms with van der Waals surface area (Å²) in [6.07, 6.45) is 2.20. The Hall–Kier alpha value is -0.850. The molecule has 1 fully saturated rings. The van der Waals surface area contributed by atoms with E-state index >= 15 is 0 Å². The third kappa shape index (κ3) is 4.06. The molecule has 0 heterocycles. The molecule has 2 rings (SSSR count). The van der Waals surface area contributed by atoms with Gasteiger partial charge in [0.15, 0.2) is 0 Å². The van der Waals surface area contributed by atoms with Crippen LogP contribution in [0.15, 0.2) is 18.2 Å². The molecule has 1 aromatic carbocycles. The second-order valence-electron chi connectivity index (χ2n) is 4.77. The van der Waals surface area contributed by atoms with E-state index in [2.05, 4.69) is 10.0 Å². The molecule has 0 spiro atoms. The first-order chi connectivity index (χ1) is 8.88. The highest BCUT2D eigenvalue weighted by Crippen LogP contribution is 2.21. The van der Waals surface area contributed by atoms with Gasteiger partial charge in [0, 0.05) is 12.6 Å². The molecule has 2 N–H and O–H groups in total. The van der Waals surface area contributed by atoms with Crippen molar-refractivity contribution in [2.24, 2.45) is 0 Å². The molecule has 0 saturated heterocycles. The molecule has 1 aliphatic rings. The van der Waals surface area contributed by atoms with Gasteiger partial charge in [-0.3, -0.25) is 4.72 Å². The molecule has 1 unspecified atom stereocenters. The van der Waals surface area contributed by atoms with Gasteiger partial charge in [-0.2, -0.15) is 0 Å². The van der Waals surface area contributed by atoms with Gasteiger partial charge in [-0.25, -0.2) is 12.8 Å². The van der Waals surface area contributed by atoms with Crippen LogP contribution in [0.25, 0.3) is 0 Å². The van der Waals surface area contributed by atoms with Crippen LogP contribution in [0.1, 0.15) is 19.8 Å².